The summed E-state index contributed by atoms with van der Waals surface area (Å²) < 4.78 is 1.96. The Bertz CT molecular complexity index is 474. The number of hydrogen-bond acceptors (Lipinski definition) is 2. The first-order valence-corrected chi connectivity index (χ1v) is 6.09. The van der Waals surface area contributed by atoms with Gasteiger partial charge in [0.1, 0.15) is 0 Å². The smallest absolute Gasteiger partial charge is 0.307 e. The number of aromatic nitrogens is 2. The highest BCUT2D eigenvalue weighted by Crippen LogP contribution is 2.65. The topological polar surface area (TPSA) is 55.1 Å². The Balaban J connectivity index is 2.43. The summed E-state index contributed by atoms with van der Waals surface area (Å²) in [4.78, 5) is 11.2. The van der Waals surface area contributed by atoms with Crippen molar-refractivity contribution in [2.24, 2.45) is 11.3 Å². The van der Waals surface area contributed by atoms with E-state index in [0.29, 0.717) is 0 Å². The van der Waals surface area contributed by atoms with Gasteiger partial charge in [0.25, 0.3) is 0 Å². The average molecular weight is 236 g/mol. The quantitative estimate of drug-likeness (QED) is 0.876. The monoisotopic (exact) mass is 236 g/mol. The number of carboxylic acid groups (broad SMARTS) is 1. The molecule has 1 aliphatic carbocycles. The summed E-state index contributed by atoms with van der Waals surface area (Å²) in [7, 11) is 0. The van der Waals surface area contributed by atoms with E-state index >= 15 is 0 Å². The standard InChI is InChI=1S/C13H20N2O2/c1-6-15-8(3)9(7(2)14-15)10-11(12(16)17)13(10,4)5/h10-11H,6H2,1-5H3,(H,16,17)/t10-,11+/m1/s1. The molecular formula is C13H20N2O2. The van der Waals surface area contributed by atoms with Gasteiger partial charge in [-0.1, -0.05) is 13.8 Å². The zero-order valence-electron chi connectivity index (χ0n) is 11.1. The normalized spacial score (nSPS) is 25.9. The third kappa shape index (κ3) is 1.58. The largest absolute Gasteiger partial charge is 0.481 e. The lowest BCUT2D eigenvalue weighted by molar-refractivity contribution is -0.139. The minimum atomic E-state index is -0.692. The van der Waals surface area contributed by atoms with Crippen LogP contribution < -0.4 is 0 Å². The summed E-state index contributed by atoms with van der Waals surface area (Å²) in [6.45, 7) is 10.9. The number of hydrogen-bond donors (Lipinski definition) is 1. The Morgan fingerprint density at radius 3 is 2.41 bits per heavy atom. The van der Waals surface area contributed by atoms with E-state index in [0.717, 1.165) is 23.5 Å². The van der Waals surface area contributed by atoms with Crippen LogP contribution in [0, 0.1) is 25.2 Å². The van der Waals surface area contributed by atoms with Gasteiger partial charge in [-0.2, -0.15) is 5.10 Å². The Morgan fingerprint density at radius 2 is 2.06 bits per heavy atom. The van der Waals surface area contributed by atoms with Crippen LogP contribution in [0.5, 0.6) is 0 Å². The van der Waals surface area contributed by atoms with Crippen LogP contribution in [-0.2, 0) is 11.3 Å². The zero-order valence-corrected chi connectivity index (χ0v) is 11.1. The van der Waals surface area contributed by atoms with Crippen LogP contribution in [0.25, 0.3) is 0 Å². The summed E-state index contributed by atoms with van der Waals surface area (Å²) in [5.41, 5.74) is 3.09. The van der Waals surface area contributed by atoms with Crippen molar-refractivity contribution in [3.8, 4) is 0 Å². The van der Waals surface area contributed by atoms with Gasteiger partial charge < -0.3 is 5.11 Å². The van der Waals surface area contributed by atoms with Crippen LogP contribution in [0.15, 0.2) is 0 Å². The summed E-state index contributed by atoms with van der Waals surface area (Å²) in [5, 5.41) is 13.7. The molecule has 0 amide bonds. The third-order valence-corrected chi connectivity index (χ3v) is 4.14. The second-order valence-corrected chi connectivity index (χ2v) is 5.52. The molecule has 0 aromatic carbocycles. The van der Waals surface area contributed by atoms with E-state index in [1.54, 1.807) is 0 Å². The predicted molar refractivity (Wildman–Crippen MR) is 65.0 cm³/mol. The molecule has 0 bridgehead atoms. The first kappa shape index (κ1) is 12.1. The maximum atomic E-state index is 11.2. The molecule has 1 N–H and O–H groups in total. The number of nitrogens with zero attached hydrogens (tertiary/aromatic N) is 2. The van der Waals surface area contributed by atoms with Gasteiger partial charge in [-0.05, 0) is 26.2 Å². The van der Waals surface area contributed by atoms with Gasteiger partial charge in [0, 0.05) is 23.7 Å². The minimum Gasteiger partial charge on any atom is -0.481 e. The molecule has 2 rings (SSSR count). The van der Waals surface area contributed by atoms with E-state index in [-0.39, 0.29) is 17.3 Å². The van der Waals surface area contributed by atoms with Gasteiger partial charge in [0.05, 0.1) is 11.6 Å². The number of carboxylic acids is 1. The zero-order chi connectivity index (χ0) is 13.0. The van der Waals surface area contributed by atoms with Crippen molar-refractivity contribution in [3.05, 3.63) is 17.0 Å². The van der Waals surface area contributed by atoms with Crippen LogP contribution in [0.2, 0.25) is 0 Å². The highest BCUT2D eigenvalue weighted by Gasteiger charge is 2.63. The maximum absolute atomic E-state index is 11.2. The van der Waals surface area contributed by atoms with Crippen molar-refractivity contribution in [1.29, 1.82) is 0 Å². The highest BCUT2D eigenvalue weighted by molar-refractivity contribution is 5.78. The first-order valence-electron chi connectivity index (χ1n) is 6.09. The van der Waals surface area contributed by atoms with Crippen LogP contribution in [0.1, 0.15) is 43.6 Å². The average Bonchev–Trinajstić information content (AvgIpc) is 2.65. The lowest BCUT2D eigenvalue weighted by Crippen LogP contribution is -2.03. The van der Waals surface area contributed by atoms with Crippen molar-refractivity contribution in [2.75, 3.05) is 0 Å². The molecule has 0 spiro atoms. The fourth-order valence-corrected chi connectivity index (χ4v) is 3.11. The van der Waals surface area contributed by atoms with Gasteiger partial charge in [-0.3, -0.25) is 9.48 Å². The molecule has 0 radical (unpaired) electrons. The Hall–Kier alpha value is -1.32. The van der Waals surface area contributed by atoms with Crippen LogP contribution in [-0.4, -0.2) is 20.9 Å². The van der Waals surface area contributed by atoms with E-state index < -0.39 is 5.97 Å². The molecule has 1 aromatic rings. The summed E-state index contributed by atoms with van der Waals surface area (Å²) in [5.74, 6) is -0.849. The molecule has 1 aliphatic rings. The summed E-state index contributed by atoms with van der Waals surface area (Å²) in [6.07, 6.45) is 0. The highest BCUT2D eigenvalue weighted by atomic mass is 16.4. The Kier molecular flexibility index (Phi) is 2.56. The number of rotatable bonds is 3. The van der Waals surface area contributed by atoms with Crippen molar-refractivity contribution in [2.45, 2.75) is 47.1 Å². The van der Waals surface area contributed by atoms with E-state index in [9.17, 15) is 9.90 Å². The van der Waals surface area contributed by atoms with Crippen LogP contribution in [0.4, 0.5) is 0 Å². The molecule has 1 saturated carbocycles. The first-order chi connectivity index (χ1) is 7.82. The fourth-order valence-electron chi connectivity index (χ4n) is 3.11. The molecule has 4 nitrogen and oxygen atoms in total. The minimum absolute atomic E-state index is 0.111. The lowest BCUT2D eigenvalue weighted by Gasteiger charge is -2.04. The van der Waals surface area contributed by atoms with Crippen molar-refractivity contribution >= 4 is 5.97 Å². The molecule has 1 heterocycles. The molecule has 0 saturated heterocycles. The van der Waals surface area contributed by atoms with Crippen molar-refractivity contribution in [3.63, 3.8) is 0 Å². The van der Waals surface area contributed by atoms with E-state index in [2.05, 4.69) is 12.0 Å². The van der Waals surface area contributed by atoms with Gasteiger partial charge in [-0.15, -0.1) is 0 Å². The molecule has 4 heteroatoms. The molecule has 2 atom stereocenters. The Morgan fingerprint density at radius 1 is 1.47 bits per heavy atom. The van der Waals surface area contributed by atoms with Crippen molar-refractivity contribution in [1.82, 2.24) is 9.78 Å². The molecule has 94 valence electrons. The molecule has 17 heavy (non-hydrogen) atoms. The Labute approximate surface area is 102 Å². The van der Waals surface area contributed by atoms with Crippen LogP contribution >= 0.6 is 0 Å². The molecule has 1 fully saturated rings. The SMILES string of the molecule is CCn1nc(C)c([C@@H]2[C@@H](C(=O)O)C2(C)C)c1C. The number of aryl methyl sites for hydroxylation is 2. The second-order valence-electron chi connectivity index (χ2n) is 5.52. The van der Waals surface area contributed by atoms with Gasteiger partial charge in [0.2, 0.25) is 0 Å². The van der Waals surface area contributed by atoms with Crippen LogP contribution in [0.3, 0.4) is 0 Å². The summed E-state index contributed by atoms with van der Waals surface area (Å²) >= 11 is 0. The summed E-state index contributed by atoms with van der Waals surface area (Å²) in [6, 6.07) is 0. The molecule has 0 aliphatic heterocycles. The number of carbonyl (C=O) groups is 1. The van der Waals surface area contributed by atoms with E-state index in [1.165, 1.54) is 0 Å². The van der Waals surface area contributed by atoms with E-state index in [4.69, 9.17) is 0 Å². The molecule has 1 aromatic heterocycles. The van der Waals surface area contributed by atoms with Gasteiger partial charge >= 0.3 is 5.97 Å². The van der Waals surface area contributed by atoms with E-state index in [1.807, 2.05) is 32.4 Å². The molecule has 0 unspecified atom stereocenters. The number of aliphatic carboxylic acids is 1. The fraction of sp³-hybridized carbons (Fsp3) is 0.692. The molecular weight excluding hydrogens is 216 g/mol. The second kappa shape index (κ2) is 3.59. The van der Waals surface area contributed by atoms with Crippen molar-refractivity contribution < 1.29 is 9.90 Å². The third-order valence-electron chi connectivity index (χ3n) is 4.14. The van der Waals surface area contributed by atoms with Gasteiger partial charge in [-0.25, -0.2) is 0 Å². The predicted octanol–water partition coefficient (Wildman–Crippen LogP) is 2.34. The maximum Gasteiger partial charge on any atom is 0.307 e. The lowest BCUT2D eigenvalue weighted by atomic mass is 10.0. The van der Waals surface area contributed by atoms with Gasteiger partial charge in [0.15, 0.2) is 0 Å².